The molecule has 0 aromatic heterocycles. The number of benzene rings is 2. The quantitative estimate of drug-likeness (QED) is 0.849. The van der Waals surface area contributed by atoms with Crippen molar-refractivity contribution in [2.45, 2.75) is 39.7 Å². The van der Waals surface area contributed by atoms with E-state index in [0.717, 1.165) is 23.5 Å². The van der Waals surface area contributed by atoms with Gasteiger partial charge in [-0.25, -0.2) is 0 Å². The predicted octanol–water partition coefficient (Wildman–Crippen LogP) is 4.76. The fourth-order valence-electron chi connectivity index (χ4n) is 2.29. The van der Waals surface area contributed by atoms with E-state index in [0.29, 0.717) is 12.5 Å². The molecule has 0 saturated heterocycles. The Labute approximate surface area is 121 Å². The van der Waals surface area contributed by atoms with Crippen molar-refractivity contribution in [3.8, 4) is 11.5 Å². The van der Waals surface area contributed by atoms with Gasteiger partial charge in [0, 0.05) is 6.54 Å². The number of hydrogen-bond acceptors (Lipinski definition) is 2. The molecule has 0 saturated carbocycles. The second-order valence-electron chi connectivity index (χ2n) is 5.24. The Morgan fingerprint density at radius 3 is 2.55 bits per heavy atom. The van der Waals surface area contributed by atoms with Gasteiger partial charge in [-0.05, 0) is 54.2 Å². The zero-order valence-electron chi connectivity index (χ0n) is 12.5. The molecular weight excluding hydrogens is 246 g/mol. The molecule has 2 heteroatoms. The van der Waals surface area contributed by atoms with Gasteiger partial charge in [-0.1, -0.05) is 38.1 Å². The molecule has 2 rings (SSSR count). The van der Waals surface area contributed by atoms with Gasteiger partial charge in [0.2, 0.25) is 0 Å². The van der Waals surface area contributed by atoms with Gasteiger partial charge in [-0.15, -0.1) is 0 Å². The highest BCUT2D eigenvalue weighted by atomic mass is 16.5. The smallest absolute Gasteiger partial charge is 0.130 e. The number of ether oxygens (including phenoxy) is 1. The first-order valence-corrected chi connectivity index (χ1v) is 7.22. The first kappa shape index (κ1) is 14.6. The zero-order valence-corrected chi connectivity index (χ0v) is 12.5. The fourth-order valence-corrected chi connectivity index (χ4v) is 2.29. The van der Waals surface area contributed by atoms with E-state index >= 15 is 0 Å². The third-order valence-corrected chi connectivity index (χ3v) is 3.82. The minimum Gasteiger partial charge on any atom is -0.457 e. The summed E-state index contributed by atoms with van der Waals surface area (Å²) in [6.07, 6.45) is 1.10. The van der Waals surface area contributed by atoms with Crippen LogP contribution in [0.25, 0.3) is 0 Å². The molecule has 0 aliphatic carbocycles. The molecule has 20 heavy (non-hydrogen) atoms. The summed E-state index contributed by atoms with van der Waals surface area (Å²) in [6, 6.07) is 14.3. The molecule has 0 heterocycles. The summed E-state index contributed by atoms with van der Waals surface area (Å²) in [4.78, 5) is 0. The first-order valence-electron chi connectivity index (χ1n) is 7.22. The van der Waals surface area contributed by atoms with Crippen LogP contribution in [-0.2, 0) is 6.54 Å². The number of rotatable bonds is 5. The monoisotopic (exact) mass is 269 g/mol. The van der Waals surface area contributed by atoms with E-state index in [1.807, 2.05) is 24.3 Å². The number of para-hydroxylation sites is 1. The Bertz CT molecular complexity index is 577. The zero-order chi connectivity index (χ0) is 14.5. The van der Waals surface area contributed by atoms with Gasteiger partial charge < -0.3 is 10.5 Å². The summed E-state index contributed by atoms with van der Waals surface area (Å²) in [7, 11) is 0. The van der Waals surface area contributed by atoms with E-state index < -0.39 is 0 Å². The van der Waals surface area contributed by atoms with E-state index in [1.54, 1.807) is 0 Å². The molecule has 0 radical (unpaired) electrons. The third-order valence-electron chi connectivity index (χ3n) is 3.82. The Morgan fingerprint density at radius 1 is 1.15 bits per heavy atom. The Morgan fingerprint density at radius 2 is 1.90 bits per heavy atom. The van der Waals surface area contributed by atoms with Crippen LogP contribution in [-0.4, -0.2) is 0 Å². The standard InChI is InChI=1S/C18H23NO/c1-4-13(2)17-7-5-6-8-18(17)20-16-10-9-15(12-19)14(3)11-16/h5-11,13H,4,12,19H2,1-3H3. The number of nitrogens with two attached hydrogens (primary N) is 1. The summed E-state index contributed by atoms with van der Waals surface area (Å²) in [5, 5.41) is 0. The Balaban J connectivity index is 2.28. The molecule has 0 aliphatic heterocycles. The molecular formula is C18H23NO. The lowest BCUT2D eigenvalue weighted by atomic mass is 9.98. The predicted molar refractivity (Wildman–Crippen MR) is 84.3 cm³/mol. The van der Waals surface area contributed by atoms with Crippen molar-refractivity contribution in [2.75, 3.05) is 0 Å². The van der Waals surface area contributed by atoms with Crippen molar-refractivity contribution in [3.05, 3.63) is 59.2 Å². The summed E-state index contributed by atoms with van der Waals surface area (Å²) in [5.41, 5.74) is 9.29. The van der Waals surface area contributed by atoms with Crippen molar-refractivity contribution in [2.24, 2.45) is 5.73 Å². The van der Waals surface area contributed by atoms with Crippen LogP contribution in [0.5, 0.6) is 11.5 Å². The molecule has 2 nitrogen and oxygen atoms in total. The summed E-state index contributed by atoms with van der Waals surface area (Å²) in [5.74, 6) is 2.31. The minimum atomic E-state index is 0.496. The van der Waals surface area contributed by atoms with E-state index in [9.17, 15) is 0 Å². The lowest BCUT2D eigenvalue weighted by molar-refractivity contribution is 0.469. The van der Waals surface area contributed by atoms with Gasteiger partial charge in [-0.2, -0.15) is 0 Å². The molecule has 0 aliphatic rings. The highest BCUT2D eigenvalue weighted by Crippen LogP contribution is 2.32. The van der Waals surface area contributed by atoms with Gasteiger partial charge >= 0.3 is 0 Å². The maximum Gasteiger partial charge on any atom is 0.130 e. The van der Waals surface area contributed by atoms with Crippen LogP contribution in [0.1, 0.15) is 42.9 Å². The van der Waals surface area contributed by atoms with Crippen LogP contribution in [0.2, 0.25) is 0 Å². The number of hydrogen-bond donors (Lipinski definition) is 1. The average Bonchev–Trinajstić information content (AvgIpc) is 2.47. The summed E-state index contributed by atoms with van der Waals surface area (Å²) >= 11 is 0. The van der Waals surface area contributed by atoms with E-state index in [-0.39, 0.29) is 0 Å². The lowest BCUT2D eigenvalue weighted by Crippen LogP contribution is -2.00. The van der Waals surface area contributed by atoms with E-state index in [1.165, 1.54) is 11.1 Å². The average molecular weight is 269 g/mol. The first-order chi connectivity index (χ1) is 9.65. The SMILES string of the molecule is CCC(C)c1ccccc1Oc1ccc(CN)c(C)c1. The summed E-state index contributed by atoms with van der Waals surface area (Å²) < 4.78 is 6.07. The molecule has 1 atom stereocenters. The second kappa shape index (κ2) is 6.58. The van der Waals surface area contributed by atoms with Crippen LogP contribution in [0.3, 0.4) is 0 Å². The van der Waals surface area contributed by atoms with E-state index in [2.05, 4.69) is 39.0 Å². The lowest BCUT2D eigenvalue weighted by Gasteiger charge is -2.16. The second-order valence-corrected chi connectivity index (χ2v) is 5.24. The molecule has 2 N–H and O–H groups in total. The van der Waals surface area contributed by atoms with Crippen LogP contribution in [0.4, 0.5) is 0 Å². The van der Waals surface area contributed by atoms with Crippen LogP contribution in [0.15, 0.2) is 42.5 Å². The number of aryl methyl sites for hydroxylation is 1. The Hall–Kier alpha value is -1.80. The van der Waals surface area contributed by atoms with Gasteiger partial charge in [-0.3, -0.25) is 0 Å². The molecule has 0 fully saturated rings. The third kappa shape index (κ3) is 3.20. The van der Waals surface area contributed by atoms with Crippen molar-refractivity contribution < 1.29 is 4.74 Å². The largest absolute Gasteiger partial charge is 0.457 e. The topological polar surface area (TPSA) is 35.2 Å². The van der Waals surface area contributed by atoms with Crippen LogP contribution in [0, 0.1) is 6.92 Å². The molecule has 0 bridgehead atoms. The molecule has 0 amide bonds. The van der Waals surface area contributed by atoms with Crippen molar-refractivity contribution >= 4 is 0 Å². The van der Waals surface area contributed by atoms with Crippen molar-refractivity contribution in [1.29, 1.82) is 0 Å². The van der Waals surface area contributed by atoms with Gasteiger partial charge in [0.15, 0.2) is 0 Å². The highest BCUT2D eigenvalue weighted by molar-refractivity contribution is 5.42. The van der Waals surface area contributed by atoms with Crippen LogP contribution < -0.4 is 10.5 Å². The van der Waals surface area contributed by atoms with Crippen LogP contribution >= 0.6 is 0 Å². The maximum absolute atomic E-state index is 6.07. The highest BCUT2D eigenvalue weighted by Gasteiger charge is 2.10. The molecule has 0 spiro atoms. The van der Waals surface area contributed by atoms with Gasteiger partial charge in [0.25, 0.3) is 0 Å². The normalized spacial score (nSPS) is 12.2. The van der Waals surface area contributed by atoms with Crippen molar-refractivity contribution in [1.82, 2.24) is 0 Å². The van der Waals surface area contributed by atoms with Crippen molar-refractivity contribution in [3.63, 3.8) is 0 Å². The Kier molecular flexibility index (Phi) is 4.80. The van der Waals surface area contributed by atoms with Gasteiger partial charge in [0.05, 0.1) is 0 Å². The molecule has 2 aromatic rings. The van der Waals surface area contributed by atoms with Gasteiger partial charge in [0.1, 0.15) is 11.5 Å². The molecule has 106 valence electrons. The fraction of sp³-hybridized carbons (Fsp3) is 0.333. The minimum absolute atomic E-state index is 0.496. The van der Waals surface area contributed by atoms with E-state index in [4.69, 9.17) is 10.5 Å². The maximum atomic E-state index is 6.07. The molecule has 1 unspecified atom stereocenters. The summed E-state index contributed by atoms with van der Waals surface area (Å²) in [6.45, 7) is 7.05. The molecule has 2 aromatic carbocycles.